The van der Waals surface area contributed by atoms with Crippen molar-refractivity contribution in [2.24, 2.45) is 0 Å². The van der Waals surface area contributed by atoms with Gasteiger partial charge < -0.3 is 16.0 Å². The van der Waals surface area contributed by atoms with Gasteiger partial charge in [0, 0.05) is 11.7 Å². The van der Waals surface area contributed by atoms with Gasteiger partial charge in [-0.15, -0.1) is 0 Å². The van der Waals surface area contributed by atoms with Crippen LogP contribution in [0.25, 0.3) is 0 Å². The average molecular weight is 337 g/mol. The fraction of sp³-hybridized carbons (Fsp3) is 0.300. The number of amides is 3. The largest absolute Gasteiger partial charge is 0.349 e. The van der Waals surface area contributed by atoms with Gasteiger partial charge in [-0.2, -0.15) is 0 Å². The molecule has 1 fully saturated rings. The van der Waals surface area contributed by atoms with Crippen LogP contribution in [0.5, 0.6) is 0 Å². The lowest BCUT2D eigenvalue weighted by Gasteiger charge is -2.23. The molecular formula is C20H23N3O2. The minimum atomic E-state index is -0.371. The SMILES string of the molecule is O=C(Nc1ccccc1)Nc1ccccc1C(=O)NC1CCCCC1. The number of carbonyl (C=O) groups is 2. The van der Waals surface area contributed by atoms with E-state index in [1.54, 1.807) is 36.4 Å². The van der Waals surface area contributed by atoms with Gasteiger partial charge in [-0.25, -0.2) is 4.79 Å². The number of para-hydroxylation sites is 2. The highest BCUT2D eigenvalue weighted by Crippen LogP contribution is 2.20. The van der Waals surface area contributed by atoms with Crippen LogP contribution in [-0.2, 0) is 0 Å². The van der Waals surface area contributed by atoms with Gasteiger partial charge in [0.05, 0.1) is 11.3 Å². The molecule has 1 aliphatic carbocycles. The Bertz CT molecular complexity index is 725. The molecule has 0 aromatic heterocycles. The lowest BCUT2D eigenvalue weighted by atomic mass is 9.95. The Hall–Kier alpha value is -2.82. The summed E-state index contributed by atoms with van der Waals surface area (Å²) in [5, 5.41) is 8.61. The van der Waals surface area contributed by atoms with Crippen LogP contribution in [0.2, 0.25) is 0 Å². The van der Waals surface area contributed by atoms with E-state index in [1.165, 1.54) is 6.42 Å². The van der Waals surface area contributed by atoms with Crippen molar-refractivity contribution in [3.05, 3.63) is 60.2 Å². The predicted molar refractivity (Wildman–Crippen MR) is 99.9 cm³/mol. The number of hydrogen-bond acceptors (Lipinski definition) is 2. The molecule has 130 valence electrons. The first-order valence-corrected chi connectivity index (χ1v) is 8.75. The van der Waals surface area contributed by atoms with Crippen molar-refractivity contribution in [1.29, 1.82) is 0 Å². The molecule has 3 rings (SSSR count). The van der Waals surface area contributed by atoms with Crippen LogP contribution >= 0.6 is 0 Å². The molecule has 2 aromatic carbocycles. The van der Waals surface area contributed by atoms with Crippen LogP contribution in [0.15, 0.2) is 54.6 Å². The summed E-state index contributed by atoms with van der Waals surface area (Å²) >= 11 is 0. The van der Waals surface area contributed by atoms with Gasteiger partial charge in [0.2, 0.25) is 0 Å². The fourth-order valence-corrected chi connectivity index (χ4v) is 3.11. The molecule has 2 aromatic rings. The highest BCUT2D eigenvalue weighted by molar-refractivity contribution is 6.06. The minimum absolute atomic E-state index is 0.137. The first-order chi connectivity index (χ1) is 12.2. The van der Waals surface area contributed by atoms with Gasteiger partial charge in [-0.1, -0.05) is 49.6 Å². The molecule has 3 N–H and O–H groups in total. The van der Waals surface area contributed by atoms with E-state index in [0.29, 0.717) is 16.9 Å². The Morgan fingerprint density at radius 2 is 1.48 bits per heavy atom. The molecule has 0 atom stereocenters. The summed E-state index contributed by atoms with van der Waals surface area (Å²) in [6.07, 6.45) is 5.60. The van der Waals surface area contributed by atoms with Gasteiger partial charge >= 0.3 is 6.03 Å². The van der Waals surface area contributed by atoms with E-state index < -0.39 is 0 Å². The zero-order valence-corrected chi connectivity index (χ0v) is 14.1. The number of hydrogen-bond donors (Lipinski definition) is 3. The highest BCUT2D eigenvalue weighted by Gasteiger charge is 2.19. The molecule has 0 heterocycles. The second kappa shape index (κ2) is 8.33. The smallest absolute Gasteiger partial charge is 0.323 e. The molecular weight excluding hydrogens is 314 g/mol. The number of rotatable bonds is 4. The van der Waals surface area contributed by atoms with E-state index in [2.05, 4.69) is 16.0 Å². The maximum Gasteiger partial charge on any atom is 0.323 e. The van der Waals surface area contributed by atoms with Crippen molar-refractivity contribution in [2.45, 2.75) is 38.1 Å². The summed E-state index contributed by atoms with van der Waals surface area (Å²) in [6.45, 7) is 0. The standard InChI is InChI=1S/C20H23N3O2/c24-19(21-15-9-3-1-4-10-15)17-13-7-8-14-18(17)23-20(25)22-16-11-5-2-6-12-16/h2,5-8,11-15H,1,3-4,9-10H2,(H,21,24)(H2,22,23,25). The Labute approximate surface area is 147 Å². The lowest BCUT2D eigenvalue weighted by Crippen LogP contribution is -2.36. The zero-order chi connectivity index (χ0) is 17.5. The average Bonchev–Trinajstić information content (AvgIpc) is 2.63. The topological polar surface area (TPSA) is 70.2 Å². The number of anilines is 2. The molecule has 0 bridgehead atoms. The third-order valence-corrected chi connectivity index (χ3v) is 4.39. The molecule has 1 aliphatic rings. The Morgan fingerprint density at radius 3 is 2.24 bits per heavy atom. The van der Waals surface area contributed by atoms with Crippen molar-refractivity contribution in [1.82, 2.24) is 5.32 Å². The molecule has 5 heteroatoms. The van der Waals surface area contributed by atoms with E-state index in [0.717, 1.165) is 25.7 Å². The second-order valence-electron chi connectivity index (χ2n) is 6.30. The number of urea groups is 1. The van der Waals surface area contributed by atoms with Gasteiger partial charge in [0.25, 0.3) is 5.91 Å². The summed E-state index contributed by atoms with van der Waals surface area (Å²) in [4.78, 5) is 24.8. The minimum Gasteiger partial charge on any atom is -0.349 e. The van der Waals surface area contributed by atoms with Crippen molar-refractivity contribution in [3.8, 4) is 0 Å². The molecule has 3 amide bonds. The summed E-state index contributed by atoms with van der Waals surface area (Å²) in [7, 11) is 0. The summed E-state index contributed by atoms with van der Waals surface area (Å²) in [6, 6.07) is 16.1. The van der Waals surface area contributed by atoms with Crippen LogP contribution in [-0.4, -0.2) is 18.0 Å². The van der Waals surface area contributed by atoms with E-state index in [-0.39, 0.29) is 18.0 Å². The zero-order valence-electron chi connectivity index (χ0n) is 14.1. The fourth-order valence-electron chi connectivity index (χ4n) is 3.11. The Kier molecular flexibility index (Phi) is 5.67. The van der Waals surface area contributed by atoms with E-state index >= 15 is 0 Å². The third-order valence-electron chi connectivity index (χ3n) is 4.39. The van der Waals surface area contributed by atoms with E-state index in [4.69, 9.17) is 0 Å². The van der Waals surface area contributed by atoms with Crippen LogP contribution in [0, 0.1) is 0 Å². The Balaban J connectivity index is 1.65. The van der Waals surface area contributed by atoms with Crippen molar-refractivity contribution in [2.75, 3.05) is 10.6 Å². The predicted octanol–water partition coefficient (Wildman–Crippen LogP) is 4.39. The quantitative estimate of drug-likeness (QED) is 0.774. The Morgan fingerprint density at radius 1 is 0.800 bits per heavy atom. The maximum atomic E-state index is 12.6. The normalized spacial score (nSPS) is 14.6. The van der Waals surface area contributed by atoms with Crippen molar-refractivity contribution >= 4 is 23.3 Å². The van der Waals surface area contributed by atoms with E-state index in [9.17, 15) is 9.59 Å². The molecule has 0 aliphatic heterocycles. The molecule has 5 nitrogen and oxygen atoms in total. The maximum absolute atomic E-state index is 12.6. The van der Waals surface area contributed by atoms with Crippen molar-refractivity contribution < 1.29 is 9.59 Å². The number of carbonyl (C=O) groups excluding carboxylic acids is 2. The highest BCUT2D eigenvalue weighted by atomic mass is 16.2. The summed E-state index contributed by atoms with van der Waals surface area (Å²) in [5.74, 6) is -0.137. The first-order valence-electron chi connectivity index (χ1n) is 8.75. The summed E-state index contributed by atoms with van der Waals surface area (Å²) < 4.78 is 0. The molecule has 0 unspecified atom stereocenters. The van der Waals surface area contributed by atoms with Gasteiger partial charge in [-0.3, -0.25) is 4.79 Å². The van der Waals surface area contributed by atoms with Gasteiger partial charge in [0.1, 0.15) is 0 Å². The number of benzene rings is 2. The second-order valence-corrected chi connectivity index (χ2v) is 6.30. The first kappa shape index (κ1) is 17.0. The lowest BCUT2D eigenvalue weighted by molar-refractivity contribution is 0.0928. The van der Waals surface area contributed by atoms with Crippen LogP contribution in [0.4, 0.5) is 16.2 Å². The molecule has 25 heavy (non-hydrogen) atoms. The molecule has 0 radical (unpaired) electrons. The third kappa shape index (κ3) is 4.83. The van der Waals surface area contributed by atoms with Gasteiger partial charge in [-0.05, 0) is 37.1 Å². The van der Waals surface area contributed by atoms with Gasteiger partial charge in [0.15, 0.2) is 0 Å². The molecule has 1 saturated carbocycles. The monoisotopic (exact) mass is 337 g/mol. The number of nitrogens with one attached hydrogen (secondary N) is 3. The van der Waals surface area contributed by atoms with Crippen molar-refractivity contribution in [3.63, 3.8) is 0 Å². The molecule has 0 spiro atoms. The van der Waals surface area contributed by atoms with Crippen LogP contribution in [0.3, 0.4) is 0 Å². The van der Waals surface area contributed by atoms with Crippen LogP contribution < -0.4 is 16.0 Å². The van der Waals surface area contributed by atoms with E-state index in [1.807, 2.05) is 18.2 Å². The molecule has 0 saturated heterocycles. The van der Waals surface area contributed by atoms with Crippen LogP contribution in [0.1, 0.15) is 42.5 Å². The summed E-state index contributed by atoms with van der Waals surface area (Å²) in [5.41, 5.74) is 1.68.